The lowest BCUT2D eigenvalue weighted by atomic mass is 10.00. The molecule has 5 N–H and O–H groups in total. The van der Waals surface area contributed by atoms with E-state index in [1.54, 1.807) is 0 Å². The van der Waals surface area contributed by atoms with E-state index in [2.05, 4.69) is 67.8 Å². The van der Waals surface area contributed by atoms with Gasteiger partial charge in [0.1, 0.15) is 12.2 Å². The number of amides is 1. The summed E-state index contributed by atoms with van der Waals surface area (Å²) in [7, 11) is 0. The smallest absolute Gasteiger partial charge is 0.249 e. The van der Waals surface area contributed by atoms with Gasteiger partial charge in [-0.3, -0.25) is 4.79 Å². The van der Waals surface area contributed by atoms with Gasteiger partial charge in [-0.25, -0.2) is 0 Å². The highest BCUT2D eigenvalue weighted by Gasteiger charge is 2.28. The zero-order valence-corrected chi connectivity index (χ0v) is 36.2. The molecular weight excluding hydrogens is 683 g/mol. The van der Waals surface area contributed by atoms with E-state index >= 15 is 0 Å². The van der Waals surface area contributed by atoms with Gasteiger partial charge < -0.3 is 25.7 Å². The number of rotatable bonds is 42. The summed E-state index contributed by atoms with van der Waals surface area (Å²) in [6.07, 6.45) is 53.1. The molecule has 55 heavy (non-hydrogen) atoms. The van der Waals surface area contributed by atoms with Crippen molar-refractivity contribution in [2.45, 2.75) is 250 Å². The molecule has 0 aliphatic heterocycles. The quantitative estimate of drug-likeness (QED) is 0.0313. The topological polar surface area (TPSA) is 110 Å². The Bertz CT molecular complexity index is 915. The zero-order chi connectivity index (χ0) is 40.3. The van der Waals surface area contributed by atoms with Crippen LogP contribution in [0.1, 0.15) is 226 Å². The van der Waals surface area contributed by atoms with Crippen molar-refractivity contribution in [3.05, 3.63) is 48.6 Å². The van der Waals surface area contributed by atoms with E-state index in [1.807, 2.05) is 0 Å². The SMILES string of the molecule is CCCCC/C=C\CCCCCCC(O)C(=O)NC(CO)C(O)C(O)CCC/C=C/CC/C=C/CC/C=C/CCCCCCCCCCCCCCCCC. The van der Waals surface area contributed by atoms with E-state index in [-0.39, 0.29) is 0 Å². The first-order chi connectivity index (χ1) is 27.0. The number of nitrogens with one attached hydrogen (secondary N) is 1. The van der Waals surface area contributed by atoms with E-state index in [0.29, 0.717) is 19.3 Å². The lowest BCUT2D eigenvalue weighted by Crippen LogP contribution is -2.53. The van der Waals surface area contributed by atoms with Gasteiger partial charge in [0.15, 0.2) is 0 Å². The van der Waals surface area contributed by atoms with E-state index in [1.165, 1.54) is 122 Å². The Morgan fingerprint density at radius 3 is 1.18 bits per heavy atom. The first-order valence-electron chi connectivity index (χ1n) is 23.5. The fraction of sp³-hybridized carbons (Fsp3) is 0.816. The Kier molecular flexibility index (Phi) is 42.0. The molecule has 0 radical (unpaired) electrons. The van der Waals surface area contributed by atoms with Gasteiger partial charge in [-0.1, -0.05) is 184 Å². The number of hydrogen-bond donors (Lipinski definition) is 5. The average molecular weight is 774 g/mol. The largest absolute Gasteiger partial charge is 0.394 e. The predicted octanol–water partition coefficient (Wildman–Crippen LogP) is 12.7. The number of aliphatic hydroxyl groups excluding tert-OH is 4. The standard InChI is InChI=1S/C49H91NO5/c1-3-5-7-9-11-13-15-16-17-18-19-20-21-22-23-24-25-26-27-28-29-30-31-33-34-36-38-40-42-46(52)48(54)45(44-51)50-49(55)47(53)43-41-39-37-35-32-14-12-10-8-6-4-2/h12,14,25-26,29-30,34,36,45-48,51-54H,3-11,13,15-24,27-28,31-33,35,37-44H2,1-2H3,(H,50,55)/b14-12-,26-25+,30-29+,36-34+. The fourth-order valence-corrected chi connectivity index (χ4v) is 6.96. The van der Waals surface area contributed by atoms with Crippen LogP contribution in [0.5, 0.6) is 0 Å². The number of aliphatic hydroxyl groups is 4. The van der Waals surface area contributed by atoms with Crippen LogP contribution in [0.3, 0.4) is 0 Å². The minimum absolute atomic E-state index is 0.342. The van der Waals surface area contributed by atoms with E-state index in [9.17, 15) is 25.2 Å². The molecule has 0 aromatic heterocycles. The first-order valence-corrected chi connectivity index (χ1v) is 23.5. The van der Waals surface area contributed by atoms with Crippen LogP contribution in [-0.4, -0.2) is 57.3 Å². The molecule has 0 saturated carbocycles. The predicted molar refractivity (Wildman–Crippen MR) is 237 cm³/mol. The van der Waals surface area contributed by atoms with E-state index in [4.69, 9.17) is 0 Å². The summed E-state index contributed by atoms with van der Waals surface area (Å²) in [4.78, 5) is 12.5. The molecule has 0 aromatic rings. The molecule has 0 rings (SSSR count). The normalized spacial score (nSPS) is 14.5. The third kappa shape index (κ3) is 37.6. The second-order valence-electron chi connectivity index (χ2n) is 16.1. The first kappa shape index (κ1) is 53.3. The molecule has 4 unspecified atom stereocenters. The van der Waals surface area contributed by atoms with Crippen LogP contribution < -0.4 is 5.32 Å². The number of carbonyl (C=O) groups is 1. The van der Waals surface area contributed by atoms with Crippen LogP contribution in [0.2, 0.25) is 0 Å². The van der Waals surface area contributed by atoms with Crippen molar-refractivity contribution in [3.63, 3.8) is 0 Å². The minimum Gasteiger partial charge on any atom is -0.394 e. The average Bonchev–Trinajstić information content (AvgIpc) is 3.19. The molecule has 0 bridgehead atoms. The molecule has 322 valence electrons. The second-order valence-corrected chi connectivity index (χ2v) is 16.1. The fourth-order valence-electron chi connectivity index (χ4n) is 6.96. The van der Waals surface area contributed by atoms with E-state index < -0.39 is 36.9 Å². The Balaban J connectivity index is 3.75. The molecule has 6 heteroatoms. The van der Waals surface area contributed by atoms with Gasteiger partial charge in [0.05, 0.1) is 18.8 Å². The van der Waals surface area contributed by atoms with Gasteiger partial charge in [0.2, 0.25) is 5.91 Å². The molecule has 1 amide bonds. The van der Waals surface area contributed by atoms with Crippen LogP contribution in [0.15, 0.2) is 48.6 Å². The molecule has 0 spiro atoms. The molecule has 4 atom stereocenters. The summed E-state index contributed by atoms with van der Waals surface area (Å²) in [5.41, 5.74) is 0. The molecule has 0 saturated heterocycles. The zero-order valence-electron chi connectivity index (χ0n) is 36.2. The Morgan fingerprint density at radius 2 is 0.764 bits per heavy atom. The van der Waals surface area contributed by atoms with Gasteiger partial charge in [-0.05, 0) is 89.9 Å². The third-order valence-corrected chi connectivity index (χ3v) is 10.7. The second kappa shape index (κ2) is 43.4. The summed E-state index contributed by atoms with van der Waals surface area (Å²) in [5, 5.41) is 43.6. The summed E-state index contributed by atoms with van der Waals surface area (Å²) in [6, 6.07) is -1.02. The van der Waals surface area contributed by atoms with Gasteiger partial charge in [-0.2, -0.15) is 0 Å². The summed E-state index contributed by atoms with van der Waals surface area (Å²) < 4.78 is 0. The number of allylic oxidation sites excluding steroid dienone is 8. The lowest BCUT2D eigenvalue weighted by molar-refractivity contribution is -0.132. The highest BCUT2D eigenvalue weighted by atomic mass is 16.3. The van der Waals surface area contributed by atoms with Crippen molar-refractivity contribution in [3.8, 4) is 0 Å². The van der Waals surface area contributed by atoms with Crippen molar-refractivity contribution in [1.29, 1.82) is 0 Å². The van der Waals surface area contributed by atoms with Crippen molar-refractivity contribution in [1.82, 2.24) is 5.32 Å². The van der Waals surface area contributed by atoms with Crippen molar-refractivity contribution < 1.29 is 25.2 Å². The number of hydrogen-bond acceptors (Lipinski definition) is 5. The van der Waals surface area contributed by atoms with Crippen molar-refractivity contribution in [2.75, 3.05) is 6.61 Å². The van der Waals surface area contributed by atoms with Crippen molar-refractivity contribution >= 4 is 5.91 Å². The minimum atomic E-state index is -1.30. The highest BCUT2D eigenvalue weighted by Crippen LogP contribution is 2.15. The van der Waals surface area contributed by atoms with Crippen LogP contribution in [0, 0.1) is 0 Å². The molecular formula is C49H91NO5. The maximum absolute atomic E-state index is 12.5. The highest BCUT2D eigenvalue weighted by molar-refractivity contribution is 5.80. The summed E-state index contributed by atoms with van der Waals surface area (Å²) in [5.74, 6) is -0.612. The number of carbonyl (C=O) groups excluding carboxylic acids is 1. The van der Waals surface area contributed by atoms with Crippen LogP contribution in [0.4, 0.5) is 0 Å². The summed E-state index contributed by atoms with van der Waals surface area (Å²) >= 11 is 0. The summed E-state index contributed by atoms with van der Waals surface area (Å²) in [6.45, 7) is 3.99. The van der Waals surface area contributed by atoms with Crippen LogP contribution in [-0.2, 0) is 4.79 Å². The molecule has 0 heterocycles. The van der Waals surface area contributed by atoms with Gasteiger partial charge >= 0.3 is 0 Å². The maximum Gasteiger partial charge on any atom is 0.249 e. The maximum atomic E-state index is 12.5. The van der Waals surface area contributed by atoms with Gasteiger partial charge in [0, 0.05) is 0 Å². The monoisotopic (exact) mass is 774 g/mol. The van der Waals surface area contributed by atoms with Crippen LogP contribution >= 0.6 is 0 Å². The van der Waals surface area contributed by atoms with Gasteiger partial charge in [0.25, 0.3) is 0 Å². The molecule has 0 aliphatic carbocycles. The Hall–Kier alpha value is -1.73. The Morgan fingerprint density at radius 1 is 0.436 bits per heavy atom. The third-order valence-electron chi connectivity index (χ3n) is 10.7. The van der Waals surface area contributed by atoms with Crippen LogP contribution in [0.25, 0.3) is 0 Å². The van der Waals surface area contributed by atoms with E-state index in [0.717, 1.165) is 70.6 Å². The number of unbranched alkanes of at least 4 members (excludes halogenated alkanes) is 25. The Labute approximate surface area is 340 Å². The lowest BCUT2D eigenvalue weighted by Gasteiger charge is -2.27. The van der Waals surface area contributed by atoms with Gasteiger partial charge in [-0.15, -0.1) is 0 Å². The molecule has 6 nitrogen and oxygen atoms in total. The molecule has 0 aromatic carbocycles. The van der Waals surface area contributed by atoms with Crippen molar-refractivity contribution in [2.24, 2.45) is 0 Å². The molecule has 0 fully saturated rings. The molecule has 0 aliphatic rings.